The van der Waals surface area contributed by atoms with Gasteiger partial charge < -0.3 is 38.3 Å². The number of hydrogen-bond donors (Lipinski definition) is 1. The van der Waals surface area contributed by atoms with Crippen molar-refractivity contribution in [3.8, 4) is 0 Å². The SMILES string of the molecule is CC1OC[C@H]2O[C@@H](O)[C@H](OC(=O)OCC(Cl)(Cl)Cl)[C@@H](OC(=O)OCC(Cl)(Cl)Cl)[C@@H]2O1. The van der Waals surface area contributed by atoms with Crippen molar-refractivity contribution in [2.75, 3.05) is 19.8 Å². The molecule has 0 amide bonds. The van der Waals surface area contributed by atoms with Crippen LogP contribution >= 0.6 is 69.6 Å². The lowest BCUT2D eigenvalue weighted by Crippen LogP contribution is -2.64. The van der Waals surface area contributed by atoms with E-state index in [4.69, 9.17) is 98.0 Å². The van der Waals surface area contributed by atoms with Crippen LogP contribution in [0.25, 0.3) is 0 Å². The minimum absolute atomic E-state index is 0.00359. The third kappa shape index (κ3) is 8.57. The van der Waals surface area contributed by atoms with Gasteiger partial charge in [-0.25, -0.2) is 9.59 Å². The van der Waals surface area contributed by atoms with Crippen LogP contribution in [0.3, 0.4) is 0 Å². The largest absolute Gasteiger partial charge is 0.509 e. The summed E-state index contributed by atoms with van der Waals surface area (Å²) in [5, 5.41) is 10.3. The molecule has 2 fully saturated rings. The quantitative estimate of drug-likeness (QED) is 0.408. The molecule has 1 N–H and O–H groups in total. The summed E-state index contributed by atoms with van der Waals surface area (Å²) >= 11 is 33.1. The van der Waals surface area contributed by atoms with E-state index in [1.165, 1.54) is 0 Å². The molecule has 0 aromatic rings. The molecule has 0 saturated carbocycles. The summed E-state index contributed by atoms with van der Waals surface area (Å²) in [6.45, 7) is 0.291. The number of halogens is 6. The molecular formula is C14H16Cl6O10. The number of hydrogen-bond acceptors (Lipinski definition) is 10. The second-order valence-corrected chi connectivity index (χ2v) is 11.1. The Bertz CT molecular complexity index is 611. The summed E-state index contributed by atoms with van der Waals surface area (Å²) in [5.74, 6) is 0. The fraction of sp³-hybridized carbons (Fsp3) is 0.857. The van der Waals surface area contributed by atoms with Gasteiger partial charge in [0.25, 0.3) is 0 Å². The smallest absolute Gasteiger partial charge is 0.430 e. The Kier molecular flexibility index (Phi) is 9.52. The van der Waals surface area contributed by atoms with Gasteiger partial charge in [0, 0.05) is 0 Å². The van der Waals surface area contributed by atoms with Crippen molar-refractivity contribution >= 4 is 81.9 Å². The molecule has 0 aromatic carbocycles. The normalized spacial score (nSPS) is 32.0. The van der Waals surface area contributed by atoms with Gasteiger partial charge in [0.1, 0.15) is 25.4 Å². The average molecular weight is 557 g/mol. The molecule has 1 unspecified atom stereocenters. The Hall–Kier alpha value is 0.120. The zero-order chi connectivity index (χ0) is 22.7. The number of carbonyl (C=O) groups excluding carboxylic acids is 2. The fourth-order valence-electron chi connectivity index (χ4n) is 2.52. The van der Waals surface area contributed by atoms with Gasteiger partial charge in [-0.2, -0.15) is 0 Å². The summed E-state index contributed by atoms with van der Waals surface area (Å²) in [6.07, 6.45) is -9.97. The monoisotopic (exact) mass is 554 g/mol. The van der Waals surface area contributed by atoms with Gasteiger partial charge in [-0.3, -0.25) is 0 Å². The molecular weight excluding hydrogens is 541 g/mol. The zero-order valence-corrected chi connectivity index (χ0v) is 19.5. The molecule has 0 radical (unpaired) electrons. The lowest BCUT2D eigenvalue weighted by Gasteiger charge is -2.46. The van der Waals surface area contributed by atoms with Crippen LogP contribution in [0.15, 0.2) is 0 Å². The van der Waals surface area contributed by atoms with Crippen LogP contribution < -0.4 is 0 Å². The van der Waals surface area contributed by atoms with Crippen molar-refractivity contribution in [3.63, 3.8) is 0 Å². The second-order valence-electron chi connectivity index (χ2n) is 6.04. The van der Waals surface area contributed by atoms with Crippen molar-refractivity contribution in [1.29, 1.82) is 0 Å². The van der Waals surface area contributed by atoms with E-state index in [1.807, 2.05) is 0 Å². The second kappa shape index (κ2) is 10.8. The van der Waals surface area contributed by atoms with E-state index in [9.17, 15) is 14.7 Å². The van der Waals surface area contributed by atoms with Gasteiger partial charge in [0.15, 0.2) is 24.8 Å². The molecule has 2 saturated heterocycles. The predicted molar refractivity (Wildman–Crippen MR) is 104 cm³/mol. The molecule has 0 aromatic heterocycles. The van der Waals surface area contributed by atoms with E-state index >= 15 is 0 Å². The summed E-state index contributed by atoms with van der Waals surface area (Å²) in [5.41, 5.74) is 0. The van der Waals surface area contributed by atoms with E-state index in [1.54, 1.807) is 6.92 Å². The lowest BCUT2D eigenvalue weighted by molar-refractivity contribution is -0.349. The highest BCUT2D eigenvalue weighted by atomic mass is 35.6. The number of ether oxygens (including phenoxy) is 7. The standard InChI is InChI=1S/C14H16Cl6O10/c1-5-24-2-6-7(27-5)8(29-11(22)25-3-13(15,16)17)9(10(21)28-6)30-12(23)26-4-14(18,19)20/h5-10,21H,2-4H2,1H3/t5?,6-,7-,8+,9-,10-/m1/s1. The number of aliphatic hydroxyl groups is 1. The van der Waals surface area contributed by atoms with E-state index in [0.29, 0.717) is 0 Å². The van der Waals surface area contributed by atoms with Gasteiger partial charge in [0.05, 0.1) is 6.61 Å². The van der Waals surface area contributed by atoms with Gasteiger partial charge in [-0.15, -0.1) is 0 Å². The molecule has 10 nitrogen and oxygen atoms in total. The van der Waals surface area contributed by atoms with Crippen LogP contribution in [-0.2, 0) is 33.2 Å². The van der Waals surface area contributed by atoms with Crippen molar-refractivity contribution in [2.24, 2.45) is 0 Å². The summed E-state index contributed by atoms with van der Waals surface area (Å²) in [4.78, 5) is 24.0. The molecule has 0 bridgehead atoms. The predicted octanol–water partition coefficient (Wildman–Crippen LogP) is 3.25. The van der Waals surface area contributed by atoms with E-state index in [2.05, 4.69) is 4.74 Å². The topological polar surface area (TPSA) is 119 Å². The highest BCUT2D eigenvalue weighted by Gasteiger charge is 2.53. The molecule has 30 heavy (non-hydrogen) atoms. The first-order valence-corrected chi connectivity index (χ1v) is 10.4. The van der Waals surface area contributed by atoms with Crippen LogP contribution in [0.2, 0.25) is 0 Å². The lowest BCUT2D eigenvalue weighted by atomic mass is 9.98. The maximum Gasteiger partial charge on any atom is 0.509 e. The van der Waals surface area contributed by atoms with Crippen LogP contribution in [0.5, 0.6) is 0 Å². The number of aliphatic hydroxyl groups excluding tert-OH is 1. The summed E-state index contributed by atoms with van der Waals surface area (Å²) < 4.78 is 31.9. The number of rotatable bonds is 4. The van der Waals surface area contributed by atoms with Crippen LogP contribution in [0, 0.1) is 0 Å². The third-order valence-electron chi connectivity index (χ3n) is 3.63. The Morgan fingerprint density at radius 2 is 1.43 bits per heavy atom. The number of carbonyl (C=O) groups is 2. The third-order valence-corrected chi connectivity index (χ3v) is 4.28. The molecule has 0 aliphatic carbocycles. The number of fused-ring (bicyclic) bond motifs is 1. The average Bonchev–Trinajstić information content (AvgIpc) is 2.60. The molecule has 2 rings (SSSR count). The minimum Gasteiger partial charge on any atom is -0.430 e. The maximum atomic E-state index is 12.1. The Morgan fingerprint density at radius 1 is 0.933 bits per heavy atom. The van der Waals surface area contributed by atoms with Crippen molar-refractivity contribution in [3.05, 3.63) is 0 Å². The highest BCUT2D eigenvalue weighted by molar-refractivity contribution is 6.68. The van der Waals surface area contributed by atoms with Crippen LogP contribution in [-0.4, -0.2) is 81.8 Å². The van der Waals surface area contributed by atoms with Crippen molar-refractivity contribution in [2.45, 2.75) is 51.5 Å². The van der Waals surface area contributed by atoms with Gasteiger partial charge in [-0.05, 0) is 6.92 Å². The van der Waals surface area contributed by atoms with Crippen LogP contribution in [0.1, 0.15) is 6.92 Å². The van der Waals surface area contributed by atoms with E-state index < -0.39 is 70.1 Å². The first-order chi connectivity index (χ1) is 13.7. The van der Waals surface area contributed by atoms with Crippen LogP contribution in [0.4, 0.5) is 9.59 Å². The Labute approximate surface area is 200 Å². The zero-order valence-electron chi connectivity index (χ0n) is 15.0. The molecule has 2 heterocycles. The molecule has 174 valence electrons. The first kappa shape index (κ1) is 26.4. The molecule has 0 spiro atoms. The molecule has 6 atom stereocenters. The minimum atomic E-state index is -1.90. The van der Waals surface area contributed by atoms with E-state index in [-0.39, 0.29) is 6.61 Å². The summed E-state index contributed by atoms with van der Waals surface area (Å²) in [7, 11) is 0. The molecule has 16 heteroatoms. The maximum absolute atomic E-state index is 12.1. The van der Waals surface area contributed by atoms with Crippen molar-refractivity contribution in [1.82, 2.24) is 0 Å². The number of alkyl halides is 6. The summed E-state index contributed by atoms with van der Waals surface area (Å²) in [6, 6.07) is 0. The van der Waals surface area contributed by atoms with Crippen molar-refractivity contribution < 1.29 is 47.9 Å². The first-order valence-electron chi connectivity index (χ1n) is 8.16. The Balaban J connectivity index is 2.12. The van der Waals surface area contributed by atoms with E-state index in [0.717, 1.165) is 0 Å². The Morgan fingerprint density at radius 3 is 1.93 bits per heavy atom. The van der Waals surface area contributed by atoms with Gasteiger partial charge >= 0.3 is 12.3 Å². The van der Waals surface area contributed by atoms with Gasteiger partial charge in [-0.1, -0.05) is 69.6 Å². The molecule has 2 aliphatic rings. The van der Waals surface area contributed by atoms with Gasteiger partial charge in [0.2, 0.25) is 7.59 Å². The highest BCUT2D eigenvalue weighted by Crippen LogP contribution is 2.32. The fourth-order valence-corrected chi connectivity index (χ4v) is 2.84. The molecule has 2 aliphatic heterocycles.